The van der Waals surface area contributed by atoms with Crippen molar-refractivity contribution in [2.75, 3.05) is 13.1 Å². The molecule has 0 aromatic carbocycles. The number of rotatable bonds is 10. The quantitative estimate of drug-likeness (QED) is 0.523. The predicted octanol–water partition coefficient (Wildman–Crippen LogP) is 4.73. The first-order chi connectivity index (χ1) is 9.34. The standard InChI is InChI=1S/C17H32NO/c1-2-3-4-5-6-7-8-9-11-14-17(19)18-15-12-10-13-16-18/h1-16H2. The Kier molecular flexibility index (Phi) is 9.84. The maximum atomic E-state index is 11.9. The summed E-state index contributed by atoms with van der Waals surface area (Å²) in [6, 6.07) is 0. The van der Waals surface area contributed by atoms with Crippen LogP contribution in [0.1, 0.15) is 83.5 Å². The number of amides is 1. The molecule has 0 saturated carbocycles. The Morgan fingerprint density at radius 1 is 0.789 bits per heavy atom. The van der Waals surface area contributed by atoms with Crippen molar-refractivity contribution in [3.8, 4) is 0 Å². The molecule has 1 saturated heterocycles. The lowest BCUT2D eigenvalue weighted by Gasteiger charge is -2.26. The van der Waals surface area contributed by atoms with Crippen molar-refractivity contribution in [1.82, 2.24) is 4.90 Å². The molecule has 0 unspecified atom stereocenters. The molecule has 1 fully saturated rings. The van der Waals surface area contributed by atoms with Gasteiger partial charge in [-0.3, -0.25) is 4.79 Å². The highest BCUT2D eigenvalue weighted by Crippen LogP contribution is 2.13. The summed E-state index contributed by atoms with van der Waals surface area (Å²) in [5, 5.41) is 0. The highest BCUT2D eigenvalue weighted by Gasteiger charge is 2.15. The van der Waals surface area contributed by atoms with Crippen molar-refractivity contribution in [1.29, 1.82) is 0 Å². The van der Waals surface area contributed by atoms with Crippen LogP contribution in [0.25, 0.3) is 0 Å². The number of likely N-dealkylation sites (tertiary alicyclic amines) is 1. The van der Waals surface area contributed by atoms with Gasteiger partial charge in [-0.2, -0.15) is 0 Å². The van der Waals surface area contributed by atoms with Crippen molar-refractivity contribution in [3.63, 3.8) is 0 Å². The van der Waals surface area contributed by atoms with Crippen LogP contribution < -0.4 is 0 Å². The van der Waals surface area contributed by atoms with Gasteiger partial charge in [0.1, 0.15) is 0 Å². The summed E-state index contributed by atoms with van der Waals surface area (Å²) < 4.78 is 0. The van der Waals surface area contributed by atoms with Crippen LogP contribution in [0.4, 0.5) is 0 Å². The van der Waals surface area contributed by atoms with Gasteiger partial charge in [-0.05, 0) is 25.7 Å². The molecular formula is C17H32NO. The van der Waals surface area contributed by atoms with E-state index < -0.39 is 0 Å². The number of piperidine rings is 1. The van der Waals surface area contributed by atoms with Crippen LogP contribution in [-0.2, 0) is 4.79 Å². The van der Waals surface area contributed by atoms with Crippen molar-refractivity contribution < 1.29 is 4.79 Å². The molecule has 0 aromatic heterocycles. The molecule has 1 heterocycles. The first-order valence-corrected chi connectivity index (χ1v) is 8.41. The second-order valence-electron chi connectivity index (χ2n) is 5.87. The van der Waals surface area contributed by atoms with Gasteiger partial charge >= 0.3 is 0 Å². The van der Waals surface area contributed by atoms with E-state index in [1.807, 2.05) is 0 Å². The Hall–Kier alpha value is -0.530. The third-order valence-electron chi connectivity index (χ3n) is 4.10. The van der Waals surface area contributed by atoms with Crippen LogP contribution in [0.5, 0.6) is 0 Å². The first-order valence-electron chi connectivity index (χ1n) is 8.41. The summed E-state index contributed by atoms with van der Waals surface area (Å²) >= 11 is 0. The van der Waals surface area contributed by atoms with E-state index in [0.29, 0.717) is 5.91 Å². The van der Waals surface area contributed by atoms with Crippen LogP contribution in [-0.4, -0.2) is 23.9 Å². The Bertz CT molecular complexity index is 221. The van der Waals surface area contributed by atoms with Crippen LogP contribution in [0.2, 0.25) is 0 Å². The minimum Gasteiger partial charge on any atom is -0.343 e. The topological polar surface area (TPSA) is 20.3 Å². The van der Waals surface area contributed by atoms with Crippen molar-refractivity contribution >= 4 is 5.91 Å². The number of unbranched alkanes of at least 4 members (excludes halogenated alkanes) is 8. The highest BCUT2D eigenvalue weighted by molar-refractivity contribution is 5.76. The third-order valence-corrected chi connectivity index (χ3v) is 4.10. The Balaban J connectivity index is 1.86. The number of carbonyl (C=O) groups excluding carboxylic acids is 1. The zero-order valence-electron chi connectivity index (χ0n) is 12.7. The van der Waals surface area contributed by atoms with Gasteiger partial charge in [0.2, 0.25) is 5.91 Å². The minimum absolute atomic E-state index is 0.398. The zero-order valence-corrected chi connectivity index (χ0v) is 12.7. The molecule has 111 valence electrons. The average Bonchev–Trinajstić information content (AvgIpc) is 2.46. The van der Waals surface area contributed by atoms with E-state index in [-0.39, 0.29) is 0 Å². The smallest absolute Gasteiger partial charge is 0.222 e. The molecule has 2 heteroatoms. The maximum Gasteiger partial charge on any atom is 0.222 e. The van der Waals surface area contributed by atoms with E-state index in [9.17, 15) is 4.79 Å². The summed E-state index contributed by atoms with van der Waals surface area (Å²) in [5.74, 6) is 0.398. The van der Waals surface area contributed by atoms with Crippen molar-refractivity contribution in [2.24, 2.45) is 0 Å². The summed E-state index contributed by atoms with van der Waals surface area (Å²) in [6.45, 7) is 5.87. The molecule has 1 radical (unpaired) electrons. The molecule has 1 rings (SSSR count). The molecule has 0 spiro atoms. The van der Waals surface area contributed by atoms with Gasteiger partial charge in [-0.1, -0.05) is 58.3 Å². The summed E-state index contributed by atoms with van der Waals surface area (Å²) in [4.78, 5) is 14.0. The predicted molar refractivity (Wildman–Crippen MR) is 82.0 cm³/mol. The number of hydrogen-bond acceptors (Lipinski definition) is 1. The Labute approximate surface area is 119 Å². The second kappa shape index (κ2) is 11.3. The molecule has 2 nitrogen and oxygen atoms in total. The normalized spacial score (nSPS) is 15.7. The second-order valence-corrected chi connectivity index (χ2v) is 5.87. The molecule has 0 N–H and O–H groups in total. The third kappa shape index (κ3) is 8.28. The lowest BCUT2D eigenvalue weighted by Crippen LogP contribution is -2.35. The number of nitrogens with zero attached hydrogens (tertiary/aromatic N) is 1. The van der Waals surface area contributed by atoms with Gasteiger partial charge in [0.05, 0.1) is 0 Å². The van der Waals surface area contributed by atoms with Crippen molar-refractivity contribution in [2.45, 2.75) is 83.5 Å². The zero-order chi connectivity index (χ0) is 13.8. The largest absolute Gasteiger partial charge is 0.343 e. The van der Waals surface area contributed by atoms with E-state index in [1.165, 1.54) is 64.2 Å². The lowest BCUT2D eigenvalue weighted by molar-refractivity contribution is -0.132. The fraction of sp³-hybridized carbons (Fsp3) is 0.882. The van der Waals surface area contributed by atoms with E-state index in [0.717, 1.165) is 32.4 Å². The van der Waals surface area contributed by atoms with Gasteiger partial charge in [-0.15, -0.1) is 0 Å². The summed E-state index contributed by atoms with van der Waals surface area (Å²) in [5.41, 5.74) is 0. The minimum atomic E-state index is 0.398. The van der Waals surface area contributed by atoms with E-state index in [1.54, 1.807) is 0 Å². The monoisotopic (exact) mass is 266 g/mol. The fourth-order valence-corrected chi connectivity index (χ4v) is 2.82. The number of carbonyl (C=O) groups is 1. The van der Waals surface area contributed by atoms with E-state index >= 15 is 0 Å². The van der Waals surface area contributed by atoms with Gasteiger partial charge in [0, 0.05) is 19.5 Å². The molecule has 0 bridgehead atoms. The Morgan fingerprint density at radius 3 is 1.89 bits per heavy atom. The first kappa shape index (κ1) is 16.5. The van der Waals surface area contributed by atoms with Gasteiger partial charge in [-0.25, -0.2) is 0 Å². The Morgan fingerprint density at radius 2 is 1.32 bits per heavy atom. The summed E-state index contributed by atoms with van der Waals surface area (Å²) in [7, 11) is 0. The summed E-state index contributed by atoms with van der Waals surface area (Å²) in [6.07, 6.45) is 15.9. The van der Waals surface area contributed by atoms with Crippen LogP contribution in [0.15, 0.2) is 0 Å². The molecule has 0 aliphatic carbocycles. The van der Waals surface area contributed by atoms with Crippen LogP contribution in [0.3, 0.4) is 0 Å². The molecule has 1 aliphatic heterocycles. The molecule has 1 amide bonds. The molecule has 1 aliphatic rings. The fourth-order valence-electron chi connectivity index (χ4n) is 2.82. The molecule has 0 atom stereocenters. The molecule has 0 aromatic rings. The SMILES string of the molecule is [CH2]CCCCCCCCCCC(=O)N1CCCCC1. The van der Waals surface area contributed by atoms with Crippen molar-refractivity contribution in [3.05, 3.63) is 6.92 Å². The van der Waals surface area contributed by atoms with Crippen LogP contribution in [0, 0.1) is 6.92 Å². The van der Waals surface area contributed by atoms with Gasteiger partial charge < -0.3 is 4.90 Å². The lowest BCUT2D eigenvalue weighted by atomic mass is 10.1. The van der Waals surface area contributed by atoms with Gasteiger partial charge in [0.15, 0.2) is 0 Å². The van der Waals surface area contributed by atoms with Gasteiger partial charge in [0.25, 0.3) is 0 Å². The molecular weight excluding hydrogens is 234 g/mol. The maximum absolute atomic E-state index is 11.9. The van der Waals surface area contributed by atoms with Crippen LogP contribution >= 0.6 is 0 Å². The van der Waals surface area contributed by atoms with E-state index in [2.05, 4.69) is 11.8 Å². The average molecular weight is 266 g/mol. The number of hydrogen-bond donors (Lipinski definition) is 0. The van der Waals surface area contributed by atoms with E-state index in [4.69, 9.17) is 0 Å². The molecule has 19 heavy (non-hydrogen) atoms. The highest BCUT2D eigenvalue weighted by atomic mass is 16.2.